The number of nitrogens with one attached hydrogen (secondary N) is 1. The molecule has 1 unspecified atom stereocenters. The van der Waals surface area contributed by atoms with E-state index in [2.05, 4.69) is 5.32 Å². The van der Waals surface area contributed by atoms with Crippen molar-refractivity contribution in [2.75, 3.05) is 6.61 Å². The van der Waals surface area contributed by atoms with Gasteiger partial charge in [0.1, 0.15) is 0 Å². The van der Waals surface area contributed by atoms with Crippen LogP contribution in [0.3, 0.4) is 0 Å². The molecule has 23 heavy (non-hydrogen) atoms. The normalized spacial score (nSPS) is 12.1. The van der Waals surface area contributed by atoms with Gasteiger partial charge in [-0.1, -0.05) is 17.7 Å². The summed E-state index contributed by atoms with van der Waals surface area (Å²) in [5.74, 6) is -4.83. The molecule has 0 aliphatic heterocycles. The Bertz CT molecular complexity index is 724. The quantitative estimate of drug-likeness (QED) is 0.849. The van der Waals surface area contributed by atoms with Crippen LogP contribution in [-0.2, 0) is 0 Å². The van der Waals surface area contributed by atoms with Crippen LogP contribution in [0.5, 0.6) is 0 Å². The van der Waals surface area contributed by atoms with Crippen LogP contribution >= 0.6 is 0 Å². The molecule has 0 saturated carbocycles. The standard InChI is InChI=1S/C17H16F3NO2/c1-9-3-4-10(2)12(5-9)17(23)21-15(8-22)11-6-13(18)16(20)14(19)7-11/h3-7,15,22H,8H2,1-2H3,(H,21,23). The lowest BCUT2D eigenvalue weighted by molar-refractivity contribution is 0.0915. The van der Waals surface area contributed by atoms with E-state index in [1.54, 1.807) is 19.1 Å². The minimum Gasteiger partial charge on any atom is -0.394 e. The van der Waals surface area contributed by atoms with Crippen molar-refractivity contribution in [1.82, 2.24) is 5.32 Å². The van der Waals surface area contributed by atoms with Crippen molar-refractivity contribution in [3.05, 3.63) is 70.0 Å². The van der Waals surface area contributed by atoms with E-state index >= 15 is 0 Å². The number of benzene rings is 2. The summed E-state index contributed by atoms with van der Waals surface area (Å²) in [7, 11) is 0. The maximum Gasteiger partial charge on any atom is 0.252 e. The van der Waals surface area contributed by atoms with Gasteiger partial charge < -0.3 is 10.4 Å². The fourth-order valence-electron chi connectivity index (χ4n) is 2.23. The molecule has 6 heteroatoms. The molecule has 0 fully saturated rings. The summed E-state index contributed by atoms with van der Waals surface area (Å²) in [5, 5.41) is 11.9. The molecule has 0 saturated heterocycles. The Hall–Kier alpha value is -2.34. The zero-order valence-electron chi connectivity index (χ0n) is 12.7. The summed E-state index contributed by atoms with van der Waals surface area (Å²) < 4.78 is 39.6. The van der Waals surface area contributed by atoms with Gasteiger partial charge in [-0.05, 0) is 43.2 Å². The number of aliphatic hydroxyl groups is 1. The van der Waals surface area contributed by atoms with Crippen LogP contribution in [-0.4, -0.2) is 17.6 Å². The van der Waals surface area contributed by atoms with Crippen molar-refractivity contribution < 1.29 is 23.1 Å². The summed E-state index contributed by atoms with van der Waals surface area (Å²) in [6.45, 7) is 2.99. The van der Waals surface area contributed by atoms with Crippen LogP contribution in [0.15, 0.2) is 30.3 Å². The molecule has 1 atom stereocenters. The first kappa shape index (κ1) is 17.0. The van der Waals surface area contributed by atoms with Crippen LogP contribution in [0.4, 0.5) is 13.2 Å². The highest BCUT2D eigenvalue weighted by Gasteiger charge is 2.20. The Morgan fingerprint density at radius 2 is 1.74 bits per heavy atom. The van der Waals surface area contributed by atoms with Gasteiger partial charge in [-0.2, -0.15) is 0 Å². The Labute approximate surface area is 131 Å². The number of carbonyl (C=O) groups excluding carboxylic acids is 1. The first-order valence-electron chi connectivity index (χ1n) is 6.97. The minimum absolute atomic E-state index is 0.0532. The van der Waals surface area contributed by atoms with Crippen molar-refractivity contribution in [1.29, 1.82) is 0 Å². The molecular formula is C17H16F3NO2. The number of aryl methyl sites for hydroxylation is 2. The number of amides is 1. The van der Waals surface area contributed by atoms with E-state index in [0.29, 0.717) is 5.56 Å². The number of hydrogen-bond acceptors (Lipinski definition) is 2. The van der Waals surface area contributed by atoms with E-state index < -0.39 is 36.0 Å². The first-order valence-corrected chi connectivity index (χ1v) is 6.97. The molecule has 0 heterocycles. The lowest BCUT2D eigenvalue weighted by atomic mass is 10.0. The summed E-state index contributed by atoms with van der Waals surface area (Å²) in [6, 6.07) is 5.75. The fourth-order valence-corrected chi connectivity index (χ4v) is 2.23. The molecule has 1 amide bonds. The van der Waals surface area contributed by atoms with Crippen molar-refractivity contribution in [2.45, 2.75) is 19.9 Å². The highest BCUT2D eigenvalue weighted by atomic mass is 19.2. The Balaban J connectivity index is 2.29. The molecule has 2 N–H and O–H groups in total. The van der Waals surface area contributed by atoms with E-state index in [1.165, 1.54) is 0 Å². The average molecular weight is 323 g/mol. The molecule has 3 nitrogen and oxygen atoms in total. The van der Waals surface area contributed by atoms with Gasteiger partial charge in [0.25, 0.3) is 5.91 Å². The Morgan fingerprint density at radius 3 is 2.30 bits per heavy atom. The highest BCUT2D eigenvalue weighted by molar-refractivity contribution is 5.96. The summed E-state index contributed by atoms with van der Waals surface area (Å²) in [4.78, 5) is 12.3. The zero-order chi connectivity index (χ0) is 17.1. The van der Waals surface area contributed by atoms with Crippen molar-refractivity contribution >= 4 is 5.91 Å². The molecule has 0 aliphatic carbocycles. The molecule has 122 valence electrons. The van der Waals surface area contributed by atoms with Gasteiger partial charge in [0.2, 0.25) is 0 Å². The second-order valence-corrected chi connectivity index (χ2v) is 5.33. The van der Waals surface area contributed by atoms with Crippen LogP contribution < -0.4 is 5.32 Å². The lowest BCUT2D eigenvalue weighted by Crippen LogP contribution is -2.31. The summed E-state index contributed by atoms with van der Waals surface area (Å²) in [5.41, 5.74) is 1.94. The molecule has 0 aromatic heterocycles. The minimum atomic E-state index is -1.59. The van der Waals surface area contributed by atoms with Crippen LogP contribution in [0.25, 0.3) is 0 Å². The molecule has 0 aliphatic rings. The molecule has 2 aromatic carbocycles. The van der Waals surface area contributed by atoms with Crippen LogP contribution in [0, 0.1) is 31.3 Å². The third-order valence-electron chi connectivity index (χ3n) is 3.53. The smallest absolute Gasteiger partial charge is 0.252 e. The number of rotatable bonds is 4. The number of halogens is 3. The van der Waals surface area contributed by atoms with Gasteiger partial charge in [-0.15, -0.1) is 0 Å². The summed E-state index contributed by atoms with van der Waals surface area (Å²) >= 11 is 0. The van der Waals surface area contributed by atoms with E-state index in [4.69, 9.17) is 0 Å². The molecule has 0 bridgehead atoms. The maximum absolute atomic E-state index is 13.3. The second-order valence-electron chi connectivity index (χ2n) is 5.33. The van der Waals surface area contributed by atoms with Crippen LogP contribution in [0.2, 0.25) is 0 Å². The largest absolute Gasteiger partial charge is 0.394 e. The second kappa shape index (κ2) is 6.83. The third kappa shape index (κ3) is 3.71. The summed E-state index contributed by atoms with van der Waals surface area (Å²) in [6.07, 6.45) is 0. The average Bonchev–Trinajstić information content (AvgIpc) is 2.51. The van der Waals surface area contributed by atoms with Crippen LogP contribution in [0.1, 0.15) is 33.1 Å². The SMILES string of the molecule is Cc1ccc(C)c(C(=O)NC(CO)c2cc(F)c(F)c(F)c2)c1. The monoisotopic (exact) mass is 323 g/mol. The molecule has 0 spiro atoms. The van der Waals surface area contributed by atoms with E-state index in [-0.39, 0.29) is 5.56 Å². The Kier molecular flexibility index (Phi) is 5.05. The third-order valence-corrected chi connectivity index (χ3v) is 3.53. The topological polar surface area (TPSA) is 49.3 Å². The predicted molar refractivity (Wildman–Crippen MR) is 79.5 cm³/mol. The molecular weight excluding hydrogens is 307 g/mol. The van der Waals surface area contributed by atoms with Gasteiger partial charge in [0.15, 0.2) is 17.5 Å². The van der Waals surface area contributed by atoms with Gasteiger partial charge >= 0.3 is 0 Å². The lowest BCUT2D eigenvalue weighted by Gasteiger charge is -2.18. The van der Waals surface area contributed by atoms with Crippen molar-refractivity contribution in [3.8, 4) is 0 Å². The highest BCUT2D eigenvalue weighted by Crippen LogP contribution is 2.20. The molecule has 2 rings (SSSR count). The van der Waals surface area contributed by atoms with Gasteiger partial charge in [-0.25, -0.2) is 13.2 Å². The van der Waals surface area contributed by atoms with Crippen molar-refractivity contribution in [2.24, 2.45) is 0 Å². The van der Waals surface area contributed by atoms with E-state index in [0.717, 1.165) is 23.3 Å². The maximum atomic E-state index is 13.3. The number of aliphatic hydroxyl groups excluding tert-OH is 1. The van der Waals surface area contributed by atoms with E-state index in [9.17, 15) is 23.1 Å². The van der Waals surface area contributed by atoms with Crippen molar-refractivity contribution in [3.63, 3.8) is 0 Å². The van der Waals surface area contributed by atoms with Gasteiger partial charge in [0, 0.05) is 5.56 Å². The first-order chi connectivity index (χ1) is 10.8. The van der Waals surface area contributed by atoms with Gasteiger partial charge in [0.05, 0.1) is 12.6 Å². The zero-order valence-corrected chi connectivity index (χ0v) is 12.7. The Morgan fingerprint density at radius 1 is 1.13 bits per heavy atom. The van der Waals surface area contributed by atoms with Gasteiger partial charge in [-0.3, -0.25) is 4.79 Å². The molecule has 0 radical (unpaired) electrons. The molecule has 2 aromatic rings. The number of carbonyl (C=O) groups is 1. The predicted octanol–water partition coefficient (Wildman–Crippen LogP) is 3.18. The fraction of sp³-hybridized carbons (Fsp3) is 0.235. The number of hydrogen-bond donors (Lipinski definition) is 2. The van der Waals surface area contributed by atoms with E-state index in [1.807, 2.05) is 13.0 Å².